The Morgan fingerprint density at radius 2 is 2.06 bits per heavy atom. The van der Waals surface area contributed by atoms with E-state index in [9.17, 15) is 4.39 Å². The molecule has 2 aromatic rings. The Balaban J connectivity index is 2.42. The van der Waals surface area contributed by atoms with Crippen LogP contribution in [0.3, 0.4) is 0 Å². The fraction of sp³-hybridized carbons (Fsp3) is 0.231. The van der Waals surface area contributed by atoms with E-state index in [1.165, 1.54) is 12.3 Å². The molecular weight excluding hydrogens is 233 g/mol. The number of hydrogen-bond acceptors (Lipinski definition) is 4. The van der Waals surface area contributed by atoms with Gasteiger partial charge in [-0.1, -0.05) is 12.1 Å². The molecule has 1 aromatic heterocycles. The van der Waals surface area contributed by atoms with Gasteiger partial charge in [-0.25, -0.2) is 9.37 Å². The van der Waals surface area contributed by atoms with Crippen molar-refractivity contribution in [3.63, 3.8) is 0 Å². The molecule has 0 aliphatic rings. The van der Waals surface area contributed by atoms with Gasteiger partial charge in [0.05, 0.1) is 30.4 Å². The molecule has 18 heavy (non-hydrogen) atoms. The van der Waals surface area contributed by atoms with Crippen molar-refractivity contribution in [3.8, 4) is 0 Å². The number of benzene rings is 1. The molecule has 5 heteroatoms. The number of hydrogen-bond donors (Lipinski definition) is 1. The van der Waals surface area contributed by atoms with Crippen LogP contribution in [0.1, 0.15) is 12.6 Å². The Kier molecular flexibility index (Phi) is 3.84. The minimum absolute atomic E-state index is 0.185. The molecule has 0 unspecified atom stereocenters. The predicted molar refractivity (Wildman–Crippen MR) is 67.0 cm³/mol. The van der Waals surface area contributed by atoms with Crippen LogP contribution in [0.4, 0.5) is 15.9 Å². The first-order valence-electron chi connectivity index (χ1n) is 5.70. The molecule has 1 heterocycles. The van der Waals surface area contributed by atoms with Gasteiger partial charge in [-0.15, -0.1) is 0 Å². The summed E-state index contributed by atoms with van der Waals surface area (Å²) in [5, 5.41) is 9.05. The summed E-state index contributed by atoms with van der Waals surface area (Å²) in [6.07, 6.45) is 3.04. The van der Waals surface area contributed by atoms with Crippen molar-refractivity contribution in [2.24, 2.45) is 0 Å². The molecule has 0 saturated carbocycles. The van der Waals surface area contributed by atoms with E-state index in [0.29, 0.717) is 23.7 Å². The highest BCUT2D eigenvalue weighted by molar-refractivity contribution is 5.59. The number of nitrogens with zero attached hydrogens (tertiary/aromatic N) is 3. The van der Waals surface area contributed by atoms with Crippen LogP contribution in [0.15, 0.2) is 36.7 Å². The largest absolute Gasteiger partial charge is 0.390 e. The molecule has 0 amide bonds. The molecule has 0 radical (unpaired) electrons. The normalized spacial score (nSPS) is 10.4. The van der Waals surface area contributed by atoms with Crippen molar-refractivity contribution >= 4 is 11.5 Å². The molecule has 0 saturated heterocycles. The molecule has 1 N–H and O–H groups in total. The van der Waals surface area contributed by atoms with E-state index in [4.69, 9.17) is 5.11 Å². The number of halogens is 1. The lowest BCUT2D eigenvalue weighted by Gasteiger charge is -2.22. The number of anilines is 2. The van der Waals surface area contributed by atoms with Gasteiger partial charge in [-0.3, -0.25) is 4.98 Å². The lowest BCUT2D eigenvalue weighted by atomic mass is 10.2. The van der Waals surface area contributed by atoms with E-state index < -0.39 is 0 Å². The molecule has 0 aliphatic carbocycles. The average molecular weight is 247 g/mol. The van der Waals surface area contributed by atoms with E-state index >= 15 is 0 Å². The first-order chi connectivity index (χ1) is 8.76. The van der Waals surface area contributed by atoms with Gasteiger partial charge >= 0.3 is 0 Å². The predicted octanol–water partition coefficient (Wildman–Crippen LogP) is 2.27. The van der Waals surface area contributed by atoms with Crippen molar-refractivity contribution in [3.05, 3.63) is 48.2 Å². The van der Waals surface area contributed by atoms with Gasteiger partial charge < -0.3 is 10.0 Å². The van der Waals surface area contributed by atoms with Crippen LogP contribution in [-0.2, 0) is 6.61 Å². The summed E-state index contributed by atoms with van der Waals surface area (Å²) in [6, 6.07) is 6.50. The van der Waals surface area contributed by atoms with E-state index in [-0.39, 0.29) is 12.4 Å². The fourth-order valence-electron chi connectivity index (χ4n) is 1.73. The molecule has 0 bridgehead atoms. The Hall–Kier alpha value is -2.01. The van der Waals surface area contributed by atoms with Crippen LogP contribution in [-0.4, -0.2) is 21.6 Å². The van der Waals surface area contributed by atoms with Crippen molar-refractivity contribution in [2.75, 3.05) is 11.4 Å². The second kappa shape index (κ2) is 5.55. The van der Waals surface area contributed by atoms with E-state index in [1.54, 1.807) is 29.3 Å². The lowest BCUT2D eigenvalue weighted by molar-refractivity contribution is 0.276. The Morgan fingerprint density at radius 1 is 1.28 bits per heavy atom. The molecule has 0 aliphatic heterocycles. The zero-order valence-electron chi connectivity index (χ0n) is 10.0. The third-order valence-electron chi connectivity index (χ3n) is 2.57. The van der Waals surface area contributed by atoms with Crippen LogP contribution >= 0.6 is 0 Å². The molecular formula is C13H14FN3O. The van der Waals surface area contributed by atoms with Gasteiger partial charge in [-0.2, -0.15) is 0 Å². The summed E-state index contributed by atoms with van der Waals surface area (Å²) in [7, 11) is 0. The Bertz CT molecular complexity index is 533. The van der Waals surface area contributed by atoms with Crippen molar-refractivity contribution in [1.82, 2.24) is 9.97 Å². The van der Waals surface area contributed by atoms with E-state index in [0.717, 1.165) is 0 Å². The van der Waals surface area contributed by atoms with Crippen LogP contribution in [0.5, 0.6) is 0 Å². The smallest absolute Gasteiger partial charge is 0.152 e. The molecule has 1 aromatic carbocycles. The summed E-state index contributed by atoms with van der Waals surface area (Å²) in [6.45, 7) is 2.28. The molecule has 0 fully saturated rings. The van der Waals surface area contributed by atoms with Crippen molar-refractivity contribution < 1.29 is 9.50 Å². The van der Waals surface area contributed by atoms with E-state index in [2.05, 4.69) is 9.97 Å². The van der Waals surface area contributed by atoms with Gasteiger partial charge in [-0.05, 0) is 19.1 Å². The molecule has 2 rings (SSSR count). The number of rotatable bonds is 4. The maximum absolute atomic E-state index is 13.8. The SMILES string of the molecule is CCN(c1cncc(CO)n1)c1ccccc1F. The topological polar surface area (TPSA) is 49.2 Å². The Morgan fingerprint density at radius 3 is 2.72 bits per heavy atom. The number of aliphatic hydroxyl groups is 1. The minimum Gasteiger partial charge on any atom is -0.390 e. The van der Waals surface area contributed by atoms with Gasteiger partial charge in [0.25, 0.3) is 0 Å². The zero-order valence-corrected chi connectivity index (χ0v) is 10.0. The summed E-state index contributed by atoms with van der Waals surface area (Å²) in [5.74, 6) is 0.213. The zero-order chi connectivity index (χ0) is 13.0. The molecule has 4 nitrogen and oxygen atoms in total. The first-order valence-corrected chi connectivity index (χ1v) is 5.70. The first kappa shape index (κ1) is 12.4. The summed E-state index contributed by atoms with van der Waals surface area (Å²) in [5.41, 5.74) is 0.909. The Labute approximate surface area is 105 Å². The third kappa shape index (κ3) is 2.46. The number of aliphatic hydroxyl groups excluding tert-OH is 1. The van der Waals surface area contributed by atoms with Crippen LogP contribution in [0.2, 0.25) is 0 Å². The second-order valence-corrected chi connectivity index (χ2v) is 3.72. The highest BCUT2D eigenvalue weighted by atomic mass is 19.1. The quantitative estimate of drug-likeness (QED) is 0.900. The van der Waals surface area contributed by atoms with Gasteiger partial charge in [0.15, 0.2) is 5.82 Å². The minimum atomic E-state index is -0.310. The third-order valence-corrected chi connectivity index (χ3v) is 2.57. The van der Waals surface area contributed by atoms with Crippen molar-refractivity contribution in [2.45, 2.75) is 13.5 Å². The van der Waals surface area contributed by atoms with Crippen LogP contribution in [0, 0.1) is 5.82 Å². The second-order valence-electron chi connectivity index (χ2n) is 3.72. The maximum atomic E-state index is 13.8. The van der Waals surface area contributed by atoms with Crippen LogP contribution in [0.25, 0.3) is 0 Å². The molecule has 0 spiro atoms. The maximum Gasteiger partial charge on any atom is 0.152 e. The molecule has 94 valence electrons. The van der Waals surface area contributed by atoms with E-state index in [1.807, 2.05) is 6.92 Å². The highest BCUT2D eigenvalue weighted by Crippen LogP contribution is 2.25. The highest BCUT2D eigenvalue weighted by Gasteiger charge is 2.13. The summed E-state index contributed by atoms with van der Waals surface area (Å²) < 4.78 is 13.8. The summed E-state index contributed by atoms with van der Waals surface area (Å²) in [4.78, 5) is 9.93. The molecule has 0 atom stereocenters. The number of aromatic nitrogens is 2. The average Bonchev–Trinajstić information content (AvgIpc) is 2.42. The van der Waals surface area contributed by atoms with Crippen molar-refractivity contribution in [1.29, 1.82) is 0 Å². The van der Waals surface area contributed by atoms with Gasteiger partial charge in [0.2, 0.25) is 0 Å². The number of para-hydroxylation sites is 1. The standard InChI is InChI=1S/C13H14FN3O/c1-2-17(12-6-4-3-5-11(12)14)13-8-15-7-10(9-18)16-13/h3-8,18H,2,9H2,1H3. The van der Waals surface area contributed by atoms with Crippen LogP contribution < -0.4 is 4.90 Å². The monoisotopic (exact) mass is 247 g/mol. The lowest BCUT2D eigenvalue weighted by Crippen LogP contribution is -2.19. The fourth-order valence-corrected chi connectivity index (χ4v) is 1.73. The van der Waals surface area contributed by atoms with Gasteiger partial charge in [0, 0.05) is 6.54 Å². The summed E-state index contributed by atoms with van der Waals surface area (Å²) >= 11 is 0. The van der Waals surface area contributed by atoms with Gasteiger partial charge in [0.1, 0.15) is 5.82 Å².